The van der Waals surface area contributed by atoms with Crippen molar-refractivity contribution < 1.29 is 14.3 Å². The summed E-state index contributed by atoms with van der Waals surface area (Å²) in [5.74, 6) is 0.480. The third-order valence-corrected chi connectivity index (χ3v) is 4.88. The molecule has 27 heavy (non-hydrogen) atoms. The number of carbonyl (C=O) groups excluding carboxylic acids is 1. The van der Waals surface area contributed by atoms with Gasteiger partial charge < -0.3 is 14.8 Å². The number of hydrogen-bond donors (Lipinski definition) is 1. The van der Waals surface area contributed by atoms with Crippen LogP contribution < -0.4 is 10.1 Å². The molecule has 0 aliphatic carbocycles. The standard InChI is InChI=1S/C21H25ClN2O3/c1-16-2-4-17(5-3-16)20(24-10-12-26-13-11-24)14-23-21(25)15-27-19-8-6-18(22)7-9-19/h2-9,20H,10-15H2,1H3,(H,23,25)/t20-/m1/s1. The molecule has 1 N–H and O–H groups in total. The Hall–Kier alpha value is -2.08. The Bertz CT molecular complexity index is 728. The molecule has 0 radical (unpaired) electrons. The van der Waals surface area contributed by atoms with Gasteiger partial charge in [0.2, 0.25) is 0 Å². The van der Waals surface area contributed by atoms with Crippen molar-refractivity contribution in [2.24, 2.45) is 0 Å². The monoisotopic (exact) mass is 388 g/mol. The number of nitrogens with zero attached hydrogens (tertiary/aromatic N) is 1. The van der Waals surface area contributed by atoms with Gasteiger partial charge in [-0.15, -0.1) is 0 Å². The van der Waals surface area contributed by atoms with Crippen LogP contribution in [0.15, 0.2) is 48.5 Å². The first-order chi connectivity index (χ1) is 13.1. The van der Waals surface area contributed by atoms with E-state index in [1.54, 1.807) is 24.3 Å². The summed E-state index contributed by atoms with van der Waals surface area (Å²) in [6.45, 7) is 5.73. The Morgan fingerprint density at radius 2 is 1.81 bits per heavy atom. The second kappa shape index (κ2) is 9.74. The summed E-state index contributed by atoms with van der Waals surface area (Å²) in [5.41, 5.74) is 2.42. The van der Waals surface area contributed by atoms with E-state index >= 15 is 0 Å². The SMILES string of the molecule is Cc1ccc([C@@H](CNC(=O)COc2ccc(Cl)cc2)N2CCOCC2)cc1. The Labute approximate surface area is 165 Å². The number of morpholine rings is 1. The first-order valence-corrected chi connectivity index (χ1v) is 9.53. The number of nitrogens with one attached hydrogen (secondary N) is 1. The zero-order valence-electron chi connectivity index (χ0n) is 15.5. The van der Waals surface area contributed by atoms with E-state index in [1.165, 1.54) is 11.1 Å². The summed E-state index contributed by atoms with van der Waals surface area (Å²) >= 11 is 5.85. The number of aryl methyl sites for hydroxylation is 1. The molecule has 2 aromatic carbocycles. The Morgan fingerprint density at radius 3 is 2.48 bits per heavy atom. The maximum Gasteiger partial charge on any atom is 0.258 e. The highest BCUT2D eigenvalue weighted by Gasteiger charge is 2.23. The normalized spacial score (nSPS) is 15.9. The molecule has 1 amide bonds. The molecule has 3 rings (SSSR count). The fraction of sp³-hybridized carbons (Fsp3) is 0.381. The molecule has 1 fully saturated rings. The Morgan fingerprint density at radius 1 is 1.15 bits per heavy atom. The number of carbonyl (C=O) groups is 1. The predicted molar refractivity (Wildman–Crippen MR) is 106 cm³/mol. The van der Waals surface area contributed by atoms with Gasteiger partial charge >= 0.3 is 0 Å². The van der Waals surface area contributed by atoms with Crippen LogP contribution in [0.3, 0.4) is 0 Å². The maximum atomic E-state index is 12.3. The predicted octanol–water partition coefficient (Wildman–Crippen LogP) is 3.22. The summed E-state index contributed by atoms with van der Waals surface area (Å²) in [7, 11) is 0. The highest BCUT2D eigenvalue weighted by molar-refractivity contribution is 6.30. The smallest absolute Gasteiger partial charge is 0.258 e. The van der Waals surface area contributed by atoms with Crippen LogP contribution in [0.4, 0.5) is 0 Å². The lowest BCUT2D eigenvalue weighted by molar-refractivity contribution is -0.123. The molecule has 5 nitrogen and oxygen atoms in total. The van der Waals surface area contributed by atoms with Crippen molar-refractivity contribution in [3.05, 3.63) is 64.7 Å². The number of benzene rings is 2. The molecule has 2 aromatic rings. The van der Waals surface area contributed by atoms with Gasteiger partial charge in [0.25, 0.3) is 5.91 Å². The summed E-state index contributed by atoms with van der Waals surface area (Å²) < 4.78 is 11.0. The molecule has 0 bridgehead atoms. The van der Waals surface area contributed by atoms with Crippen molar-refractivity contribution in [3.63, 3.8) is 0 Å². The first kappa shape index (κ1) is 19.7. The number of amides is 1. The van der Waals surface area contributed by atoms with Crippen LogP contribution >= 0.6 is 11.6 Å². The molecule has 0 unspecified atom stereocenters. The molecular weight excluding hydrogens is 364 g/mol. The maximum absolute atomic E-state index is 12.3. The van der Waals surface area contributed by atoms with Crippen LogP contribution in [-0.2, 0) is 9.53 Å². The fourth-order valence-electron chi connectivity index (χ4n) is 3.08. The summed E-state index contributed by atoms with van der Waals surface area (Å²) in [6.07, 6.45) is 0. The average Bonchev–Trinajstić information content (AvgIpc) is 2.70. The minimum atomic E-state index is -0.143. The van der Waals surface area contributed by atoms with E-state index in [4.69, 9.17) is 21.1 Å². The van der Waals surface area contributed by atoms with Crippen LogP contribution in [0.1, 0.15) is 17.2 Å². The average molecular weight is 389 g/mol. The molecule has 144 valence electrons. The van der Waals surface area contributed by atoms with Gasteiger partial charge in [0.05, 0.1) is 19.3 Å². The molecule has 1 atom stereocenters. The van der Waals surface area contributed by atoms with Crippen molar-refractivity contribution >= 4 is 17.5 Å². The van der Waals surface area contributed by atoms with Crippen LogP contribution in [0, 0.1) is 6.92 Å². The van der Waals surface area contributed by atoms with Crippen molar-refractivity contribution in [1.82, 2.24) is 10.2 Å². The van der Waals surface area contributed by atoms with Crippen LogP contribution in [0.2, 0.25) is 5.02 Å². The van der Waals surface area contributed by atoms with Gasteiger partial charge in [-0.1, -0.05) is 41.4 Å². The van der Waals surface area contributed by atoms with Crippen LogP contribution in [0.5, 0.6) is 5.75 Å². The van der Waals surface area contributed by atoms with E-state index in [9.17, 15) is 4.79 Å². The van der Waals surface area contributed by atoms with E-state index < -0.39 is 0 Å². The second-order valence-electron chi connectivity index (χ2n) is 6.62. The Kier molecular flexibility index (Phi) is 7.10. The van der Waals surface area contributed by atoms with Gasteiger partial charge in [-0.05, 0) is 36.8 Å². The lowest BCUT2D eigenvalue weighted by atomic mass is 10.0. The quantitative estimate of drug-likeness (QED) is 0.791. The molecule has 1 aliphatic rings. The molecule has 6 heteroatoms. The Balaban J connectivity index is 1.57. The van der Waals surface area contributed by atoms with Crippen molar-refractivity contribution in [1.29, 1.82) is 0 Å². The molecule has 0 saturated carbocycles. The molecule has 1 saturated heterocycles. The molecule has 1 aliphatic heterocycles. The van der Waals surface area contributed by atoms with Crippen LogP contribution in [-0.4, -0.2) is 50.3 Å². The molecular formula is C21H25ClN2O3. The summed E-state index contributed by atoms with van der Waals surface area (Å²) in [6, 6.07) is 15.6. The highest BCUT2D eigenvalue weighted by Crippen LogP contribution is 2.22. The van der Waals surface area contributed by atoms with Gasteiger partial charge in [-0.25, -0.2) is 0 Å². The first-order valence-electron chi connectivity index (χ1n) is 9.15. The lowest BCUT2D eigenvalue weighted by Gasteiger charge is -2.35. The van der Waals surface area contributed by atoms with Crippen molar-refractivity contribution in [3.8, 4) is 5.75 Å². The minimum absolute atomic E-state index is 0.0225. The highest BCUT2D eigenvalue weighted by atomic mass is 35.5. The number of ether oxygens (including phenoxy) is 2. The summed E-state index contributed by atoms with van der Waals surface area (Å²) in [5, 5.41) is 3.64. The third-order valence-electron chi connectivity index (χ3n) is 4.62. The van der Waals surface area contributed by atoms with E-state index in [-0.39, 0.29) is 18.6 Å². The van der Waals surface area contributed by atoms with Gasteiger partial charge in [0.15, 0.2) is 6.61 Å². The van der Waals surface area contributed by atoms with Crippen LogP contribution in [0.25, 0.3) is 0 Å². The second-order valence-corrected chi connectivity index (χ2v) is 7.06. The van der Waals surface area contributed by atoms with E-state index in [0.29, 0.717) is 17.3 Å². The number of rotatable bonds is 7. The summed E-state index contributed by atoms with van der Waals surface area (Å²) in [4.78, 5) is 14.6. The zero-order chi connectivity index (χ0) is 19.1. The molecule has 1 heterocycles. The fourth-order valence-corrected chi connectivity index (χ4v) is 3.20. The number of hydrogen-bond acceptors (Lipinski definition) is 4. The largest absolute Gasteiger partial charge is 0.484 e. The van der Waals surface area contributed by atoms with Gasteiger partial charge in [-0.2, -0.15) is 0 Å². The topological polar surface area (TPSA) is 50.8 Å². The van der Waals surface area contributed by atoms with E-state index in [0.717, 1.165) is 26.3 Å². The van der Waals surface area contributed by atoms with Gasteiger partial charge in [0, 0.05) is 24.7 Å². The number of halogens is 1. The van der Waals surface area contributed by atoms with Gasteiger partial charge in [0.1, 0.15) is 5.75 Å². The van der Waals surface area contributed by atoms with Crippen molar-refractivity contribution in [2.45, 2.75) is 13.0 Å². The van der Waals surface area contributed by atoms with Gasteiger partial charge in [-0.3, -0.25) is 9.69 Å². The zero-order valence-corrected chi connectivity index (χ0v) is 16.2. The van der Waals surface area contributed by atoms with E-state index in [2.05, 4.69) is 41.4 Å². The third kappa shape index (κ3) is 5.96. The minimum Gasteiger partial charge on any atom is -0.484 e. The lowest BCUT2D eigenvalue weighted by Crippen LogP contribution is -2.44. The van der Waals surface area contributed by atoms with E-state index in [1.807, 2.05) is 0 Å². The molecule has 0 spiro atoms. The van der Waals surface area contributed by atoms with Crippen molar-refractivity contribution in [2.75, 3.05) is 39.5 Å². The molecule has 0 aromatic heterocycles.